The molecule has 1 fully saturated rings. The zero-order valence-corrected chi connectivity index (χ0v) is 12.2. The van der Waals surface area contributed by atoms with Crippen LogP contribution < -0.4 is 5.32 Å². The van der Waals surface area contributed by atoms with Gasteiger partial charge in [-0.3, -0.25) is 4.79 Å². The van der Waals surface area contributed by atoms with Gasteiger partial charge in [-0.05, 0) is 31.0 Å². The highest BCUT2D eigenvalue weighted by Gasteiger charge is 2.40. The molecule has 1 amide bonds. The summed E-state index contributed by atoms with van der Waals surface area (Å²) in [6.45, 7) is 0. The van der Waals surface area contributed by atoms with Gasteiger partial charge in [0.1, 0.15) is 5.56 Å². The fourth-order valence-corrected chi connectivity index (χ4v) is 2.28. The second-order valence-corrected chi connectivity index (χ2v) is 5.44. The zero-order chi connectivity index (χ0) is 17.5. The van der Waals surface area contributed by atoms with E-state index in [1.165, 1.54) is 18.2 Å². The number of halogens is 3. The van der Waals surface area contributed by atoms with Crippen molar-refractivity contribution >= 4 is 17.6 Å². The zero-order valence-electron chi connectivity index (χ0n) is 12.2. The van der Waals surface area contributed by atoms with Gasteiger partial charge in [0.15, 0.2) is 5.69 Å². The van der Waals surface area contributed by atoms with Crippen molar-refractivity contribution < 1.29 is 27.9 Å². The standard InChI is InChI=1S/C15H12F3N3O3/c16-15(17,18)12-11(14(23)24)7-19-21(12)10-3-1-2-9(6-10)20-13(22)8-4-5-8/h1-3,6-8H,4-5H2,(H,20,22)(H,23,24). The Kier molecular flexibility index (Phi) is 3.78. The maximum Gasteiger partial charge on any atom is 0.434 e. The monoisotopic (exact) mass is 339 g/mol. The molecule has 1 aliphatic carbocycles. The number of nitrogens with zero attached hydrogens (tertiary/aromatic N) is 2. The lowest BCUT2D eigenvalue weighted by Gasteiger charge is -2.13. The van der Waals surface area contributed by atoms with Crippen molar-refractivity contribution in [2.75, 3.05) is 5.32 Å². The van der Waals surface area contributed by atoms with Crippen LogP contribution in [-0.2, 0) is 11.0 Å². The van der Waals surface area contributed by atoms with Crippen molar-refractivity contribution in [1.29, 1.82) is 0 Å². The number of carbonyl (C=O) groups is 2. The van der Waals surface area contributed by atoms with Crippen LogP contribution in [0.3, 0.4) is 0 Å². The summed E-state index contributed by atoms with van der Waals surface area (Å²) in [5, 5.41) is 15.1. The molecule has 0 saturated heterocycles. The fourth-order valence-electron chi connectivity index (χ4n) is 2.28. The molecule has 1 heterocycles. The van der Waals surface area contributed by atoms with Crippen molar-refractivity contribution in [2.24, 2.45) is 5.92 Å². The molecule has 24 heavy (non-hydrogen) atoms. The number of alkyl halides is 3. The molecule has 0 spiro atoms. The molecular weight excluding hydrogens is 327 g/mol. The Morgan fingerprint density at radius 2 is 2.00 bits per heavy atom. The van der Waals surface area contributed by atoms with E-state index in [4.69, 9.17) is 5.11 Å². The maximum atomic E-state index is 13.2. The molecule has 6 nitrogen and oxygen atoms in total. The minimum absolute atomic E-state index is 0.00317. The van der Waals surface area contributed by atoms with Crippen LogP contribution >= 0.6 is 0 Å². The Balaban J connectivity index is 2.00. The average Bonchev–Trinajstić information content (AvgIpc) is 3.24. The second-order valence-electron chi connectivity index (χ2n) is 5.44. The second kappa shape index (κ2) is 5.66. The van der Waals surface area contributed by atoms with E-state index in [1.54, 1.807) is 6.07 Å². The van der Waals surface area contributed by atoms with Gasteiger partial charge in [0.25, 0.3) is 0 Å². The van der Waals surface area contributed by atoms with Gasteiger partial charge in [-0.2, -0.15) is 18.3 Å². The van der Waals surface area contributed by atoms with Crippen molar-refractivity contribution in [1.82, 2.24) is 9.78 Å². The number of aromatic carboxylic acids is 1. The van der Waals surface area contributed by atoms with Gasteiger partial charge < -0.3 is 10.4 Å². The van der Waals surface area contributed by atoms with Gasteiger partial charge in [0.05, 0.1) is 11.9 Å². The molecule has 9 heteroatoms. The van der Waals surface area contributed by atoms with E-state index >= 15 is 0 Å². The molecule has 3 rings (SSSR count). The minimum atomic E-state index is -4.89. The number of hydrogen-bond donors (Lipinski definition) is 2. The third-order valence-corrected chi connectivity index (χ3v) is 3.57. The highest BCUT2D eigenvalue weighted by atomic mass is 19.4. The normalized spacial score (nSPS) is 14.5. The van der Waals surface area contributed by atoms with E-state index in [9.17, 15) is 22.8 Å². The third kappa shape index (κ3) is 3.10. The number of hydrogen-bond acceptors (Lipinski definition) is 3. The Morgan fingerprint density at radius 1 is 1.29 bits per heavy atom. The van der Waals surface area contributed by atoms with Gasteiger partial charge in [-0.25, -0.2) is 9.48 Å². The minimum Gasteiger partial charge on any atom is -0.478 e. The van der Waals surface area contributed by atoms with Crippen LogP contribution in [0.2, 0.25) is 0 Å². The number of rotatable bonds is 4. The molecule has 0 bridgehead atoms. The van der Waals surface area contributed by atoms with E-state index < -0.39 is 23.4 Å². The highest BCUT2D eigenvalue weighted by Crippen LogP contribution is 2.34. The molecule has 1 aromatic heterocycles. The quantitative estimate of drug-likeness (QED) is 0.897. The van der Waals surface area contributed by atoms with Gasteiger partial charge >= 0.3 is 12.1 Å². The summed E-state index contributed by atoms with van der Waals surface area (Å²) in [5.74, 6) is -1.95. The molecule has 126 valence electrons. The number of carboxylic acid groups (broad SMARTS) is 1. The van der Waals surface area contributed by atoms with Crippen molar-refractivity contribution in [3.05, 3.63) is 41.7 Å². The number of aromatic nitrogens is 2. The van der Waals surface area contributed by atoms with Crippen LogP contribution in [0.4, 0.5) is 18.9 Å². The van der Waals surface area contributed by atoms with E-state index in [1.807, 2.05) is 0 Å². The first-order valence-corrected chi connectivity index (χ1v) is 7.07. The molecule has 0 radical (unpaired) electrons. The Hall–Kier alpha value is -2.84. The molecular formula is C15H12F3N3O3. The number of benzene rings is 1. The largest absolute Gasteiger partial charge is 0.478 e. The number of anilines is 1. The predicted octanol–water partition coefficient (Wildman–Crippen LogP) is 2.94. The van der Waals surface area contributed by atoms with Crippen molar-refractivity contribution in [2.45, 2.75) is 19.0 Å². The number of carboxylic acids is 1. The topological polar surface area (TPSA) is 84.2 Å². The molecule has 2 N–H and O–H groups in total. The first-order chi connectivity index (χ1) is 11.3. The highest BCUT2D eigenvalue weighted by molar-refractivity contribution is 5.94. The lowest BCUT2D eigenvalue weighted by atomic mass is 10.2. The molecule has 0 atom stereocenters. The summed E-state index contributed by atoms with van der Waals surface area (Å²) in [4.78, 5) is 22.7. The fraction of sp³-hybridized carbons (Fsp3) is 0.267. The summed E-state index contributed by atoms with van der Waals surface area (Å²) in [7, 11) is 0. The number of amides is 1. The van der Waals surface area contributed by atoms with Crippen LogP contribution in [0, 0.1) is 5.92 Å². The average molecular weight is 339 g/mol. The van der Waals surface area contributed by atoms with Crippen molar-refractivity contribution in [3.63, 3.8) is 0 Å². The van der Waals surface area contributed by atoms with E-state index in [2.05, 4.69) is 10.4 Å². The van der Waals surface area contributed by atoms with Gasteiger partial charge in [-0.15, -0.1) is 0 Å². The third-order valence-electron chi connectivity index (χ3n) is 3.57. The predicted molar refractivity (Wildman–Crippen MR) is 76.9 cm³/mol. The smallest absolute Gasteiger partial charge is 0.434 e. The molecule has 1 aliphatic rings. The molecule has 1 aromatic carbocycles. The molecule has 2 aromatic rings. The van der Waals surface area contributed by atoms with E-state index in [-0.39, 0.29) is 17.5 Å². The van der Waals surface area contributed by atoms with Crippen LogP contribution in [-0.4, -0.2) is 26.8 Å². The Morgan fingerprint density at radius 3 is 2.58 bits per heavy atom. The van der Waals surface area contributed by atoms with E-state index in [0.717, 1.165) is 12.8 Å². The van der Waals surface area contributed by atoms with Crippen molar-refractivity contribution in [3.8, 4) is 5.69 Å². The number of nitrogens with one attached hydrogen (secondary N) is 1. The molecule has 0 unspecified atom stereocenters. The summed E-state index contributed by atoms with van der Waals surface area (Å²) in [6.07, 6.45) is -2.64. The molecule has 1 saturated carbocycles. The first-order valence-electron chi connectivity index (χ1n) is 7.07. The lowest BCUT2D eigenvalue weighted by molar-refractivity contribution is -0.143. The van der Waals surface area contributed by atoms with Crippen LogP contribution in [0.25, 0.3) is 5.69 Å². The maximum absolute atomic E-state index is 13.2. The van der Waals surface area contributed by atoms with Gasteiger partial charge in [0, 0.05) is 11.6 Å². The summed E-state index contributed by atoms with van der Waals surface area (Å²) in [6, 6.07) is 5.66. The van der Waals surface area contributed by atoms with Crippen LogP contribution in [0.1, 0.15) is 28.9 Å². The summed E-state index contributed by atoms with van der Waals surface area (Å²) >= 11 is 0. The molecule has 0 aliphatic heterocycles. The SMILES string of the molecule is O=C(O)c1cnn(-c2cccc(NC(=O)C3CC3)c2)c1C(F)(F)F. The van der Waals surface area contributed by atoms with Crippen LogP contribution in [0.15, 0.2) is 30.5 Å². The van der Waals surface area contributed by atoms with Gasteiger partial charge in [-0.1, -0.05) is 6.07 Å². The Bertz CT molecular complexity index is 810. The van der Waals surface area contributed by atoms with Crippen LogP contribution in [0.5, 0.6) is 0 Å². The van der Waals surface area contributed by atoms with E-state index in [0.29, 0.717) is 16.6 Å². The summed E-state index contributed by atoms with van der Waals surface area (Å²) in [5.41, 5.74) is -1.98. The lowest BCUT2D eigenvalue weighted by Crippen LogP contribution is -2.18. The summed E-state index contributed by atoms with van der Waals surface area (Å²) < 4.78 is 40.2. The number of carbonyl (C=O) groups excluding carboxylic acids is 1. The first kappa shape index (κ1) is 16.0. The van der Waals surface area contributed by atoms with Gasteiger partial charge in [0.2, 0.25) is 5.91 Å². The Labute approximate surface area is 133 Å².